The molecule has 2 saturated heterocycles. The largest absolute Gasteiger partial charge is 0.493 e. The van der Waals surface area contributed by atoms with Crippen LogP contribution in [0.15, 0.2) is 40.9 Å². The Labute approximate surface area is 194 Å². The number of carbonyl (C=O) groups is 1. The monoisotopic (exact) mass is 501 g/mol. The average molecular weight is 502 g/mol. The Balaban J connectivity index is 1.73. The Bertz CT molecular complexity index is 1110. The lowest BCUT2D eigenvalue weighted by atomic mass is 9.77. The molecule has 32 heavy (non-hydrogen) atoms. The molecule has 5 rings (SSSR count). The van der Waals surface area contributed by atoms with Crippen LogP contribution in [0.1, 0.15) is 36.8 Å². The highest BCUT2D eigenvalue weighted by molar-refractivity contribution is 9.10. The number of ether oxygens (including phenoxy) is 2. The number of methoxy groups -OCH3 is 1. The zero-order valence-electron chi connectivity index (χ0n) is 17.8. The molecule has 9 heteroatoms. The van der Waals surface area contributed by atoms with Crippen molar-refractivity contribution in [3.05, 3.63) is 62.1 Å². The van der Waals surface area contributed by atoms with Crippen LogP contribution < -0.4 is 14.8 Å². The summed E-state index contributed by atoms with van der Waals surface area (Å²) >= 11 is 3.63. The molecule has 3 aliphatic heterocycles. The van der Waals surface area contributed by atoms with Gasteiger partial charge in [0.05, 0.1) is 19.6 Å². The lowest BCUT2D eigenvalue weighted by Crippen LogP contribution is -2.55. The van der Waals surface area contributed by atoms with Gasteiger partial charge < -0.3 is 14.8 Å². The summed E-state index contributed by atoms with van der Waals surface area (Å²) < 4.78 is 11.9. The molecule has 2 aromatic carbocycles. The third kappa shape index (κ3) is 2.73. The van der Waals surface area contributed by atoms with Crippen molar-refractivity contribution in [2.45, 2.75) is 43.3 Å². The number of carbonyl (C=O) groups excluding carboxylic acids is 1. The van der Waals surface area contributed by atoms with Gasteiger partial charge in [0.2, 0.25) is 0 Å². The first-order valence-corrected chi connectivity index (χ1v) is 11.6. The molecule has 2 aromatic rings. The van der Waals surface area contributed by atoms with E-state index in [1.807, 2.05) is 43.3 Å². The second kappa shape index (κ2) is 7.74. The second-order valence-electron chi connectivity index (χ2n) is 8.38. The van der Waals surface area contributed by atoms with Gasteiger partial charge in [-0.2, -0.15) is 0 Å². The molecule has 0 aliphatic carbocycles. The van der Waals surface area contributed by atoms with Crippen molar-refractivity contribution < 1.29 is 19.2 Å². The molecule has 1 spiro atoms. The molecule has 4 atom stereocenters. The lowest BCUT2D eigenvalue weighted by Gasteiger charge is -2.32. The molecule has 0 aromatic heterocycles. The standard InChI is InChI=1S/C23H24BrN3O5/c1-3-32-19-12-15(24)13(11-18(19)31-2)20-17-9-6-10-26(17)23(21(20)27(29)30)14-7-4-5-8-16(14)25-22(23)28/h4-5,7-8,11-12,17,20-21H,3,6,9-10H2,1-2H3,(H,25,28)/t17-,20+,21-,23+/m0/s1. The fraction of sp³-hybridized carbons (Fsp3) is 0.435. The molecule has 168 valence electrons. The topological polar surface area (TPSA) is 93.9 Å². The van der Waals surface area contributed by atoms with Gasteiger partial charge in [0.15, 0.2) is 17.0 Å². The van der Waals surface area contributed by atoms with Crippen LogP contribution in [0.25, 0.3) is 0 Å². The summed E-state index contributed by atoms with van der Waals surface area (Å²) in [5.41, 5.74) is 0.768. The number of fused-ring (bicyclic) bond motifs is 4. The van der Waals surface area contributed by atoms with Gasteiger partial charge in [-0.1, -0.05) is 34.1 Å². The van der Waals surface area contributed by atoms with Crippen LogP contribution in [0.4, 0.5) is 5.69 Å². The summed E-state index contributed by atoms with van der Waals surface area (Å²) in [7, 11) is 1.55. The molecular weight excluding hydrogens is 478 g/mol. The Kier molecular flexibility index (Phi) is 5.13. The minimum Gasteiger partial charge on any atom is -0.493 e. The van der Waals surface area contributed by atoms with E-state index in [9.17, 15) is 14.9 Å². The maximum atomic E-state index is 13.5. The first kappa shape index (κ1) is 21.2. The van der Waals surface area contributed by atoms with Crippen molar-refractivity contribution in [3.63, 3.8) is 0 Å². The van der Waals surface area contributed by atoms with Crippen LogP contribution in [-0.4, -0.2) is 48.1 Å². The van der Waals surface area contributed by atoms with Gasteiger partial charge in [0.1, 0.15) is 0 Å². The smallest absolute Gasteiger partial charge is 0.256 e. The Morgan fingerprint density at radius 3 is 2.81 bits per heavy atom. The van der Waals surface area contributed by atoms with E-state index in [0.717, 1.165) is 18.4 Å². The fourth-order valence-corrected chi connectivity index (χ4v) is 6.57. The number of nitrogens with one attached hydrogen (secondary N) is 1. The van der Waals surface area contributed by atoms with E-state index in [4.69, 9.17) is 9.47 Å². The predicted octanol–water partition coefficient (Wildman–Crippen LogP) is 3.91. The SMILES string of the molecule is CCOc1cc(Br)c([C@H]2[C@H]([N+](=O)[O-])[C@]3(C(=O)Nc4ccccc43)N3CCC[C@@H]23)cc1OC. The van der Waals surface area contributed by atoms with Gasteiger partial charge in [-0.3, -0.25) is 19.8 Å². The summed E-state index contributed by atoms with van der Waals surface area (Å²) in [6.07, 6.45) is 1.67. The minimum absolute atomic E-state index is 0.138. The van der Waals surface area contributed by atoms with Crippen LogP contribution in [0, 0.1) is 10.1 Å². The summed E-state index contributed by atoms with van der Waals surface area (Å²) in [5, 5.41) is 15.6. The number of amides is 1. The minimum atomic E-state index is -1.34. The van der Waals surface area contributed by atoms with Crippen molar-refractivity contribution in [2.75, 3.05) is 25.6 Å². The van der Waals surface area contributed by atoms with Gasteiger partial charge in [0.25, 0.3) is 11.9 Å². The third-order valence-electron chi connectivity index (χ3n) is 7.04. The summed E-state index contributed by atoms with van der Waals surface area (Å²) in [6.45, 7) is 3.00. The molecular formula is C23H24BrN3O5. The van der Waals surface area contributed by atoms with Crippen molar-refractivity contribution in [1.82, 2.24) is 4.90 Å². The number of nitro groups is 1. The highest BCUT2D eigenvalue weighted by Crippen LogP contribution is 2.59. The number of nitrogens with zero attached hydrogens (tertiary/aromatic N) is 2. The van der Waals surface area contributed by atoms with Crippen LogP contribution in [0.5, 0.6) is 11.5 Å². The number of para-hydroxylation sites is 1. The number of anilines is 1. The molecule has 0 saturated carbocycles. The van der Waals surface area contributed by atoms with Crippen molar-refractivity contribution in [1.29, 1.82) is 0 Å². The molecule has 0 bridgehead atoms. The molecule has 3 aliphatic rings. The van der Waals surface area contributed by atoms with Crippen LogP contribution in [0.3, 0.4) is 0 Å². The quantitative estimate of drug-likeness (QED) is 0.492. The van der Waals surface area contributed by atoms with Crippen LogP contribution in [-0.2, 0) is 10.3 Å². The number of benzene rings is 2. The van der Waals surface area contributed by atoms with E-state index in [-0.39, 0.29) is 16.9 Å². The average Bonchev–Trinajstić information content (AvgIpc) is 3.42. The van der Waals surface area contributed by atoms with E-state index in [1.165, 1.54) is 0 Å². The maximum Gasteiger partial charge on any atom is 0.256 e. The zero-order valence-corrected chi connectivity index (χ0v) is 19.4. The highest BCUT2D eigenvalue weighted by atomic mass is 79.9. The molecule has 0 unspecified atom stereocenters. The molecule has 2 fully saturated rings. The fourth-order valence-electron chi connectivity index (χ4n) is 5.98. The van der Waals surface area contributed by atoms with Crippen LogP contribution in [0.2, 0.25) is 0 Å². The maximum absolute atomic E-state index is 13.5. The van der Waals surface area contributed by atoms with Gasteiger partial charge in [-0.25, -0.2) is 0 Å². The Hall–Kier alpha value is -2.65. The number of rotatable bonds is 5. The highest BCUT2D eigenvalue weighted by Gasteiger charge is 2.73. The number of hydrogen-bond acceptors (Lipinski definition) is 6. The van der Waals surface area contributed by atoms with Crippen molar-refractivity contribution in [2.24, 2.45) is 0 Å². The molecule has 0 radical (unpaired) electrons. The summed E-state index contributed by atoms with van der Waals surface area (Å²) in [6, 6.07) is 9.68. The van der Waals surface area contributed by atoms with Gasteiger partial charge in [-0.05, 0) is 43.5 Å². The van der Waals surface area contributed by atoms with E-state index in [2.05, 4.69) is 26.1 Å². The van der Waals surface area contributed by atoms with E-state index in [0.29, 0.717) is 40.4 Å². The zero-order chi connectivity index (χ0) is 22.6. The van der Waals surface area contributed by atoms with Gasteiger partial charge >= 0.3 is 0 Å². The third-order valence-corrected chi connectivity index (χ3v) is 7.72. The van der Waals surface area contributed by atoms with Crippen LogP contribution >= 0.6 is 15.9 Å². The van der Waals surface area contributed by atoms with E-state index < -0.39 is 17.5 Å². The summed E-state index contributed by atoms with van der Waals surface area (Å²) in [5.74, 6) is 0.282. The number of hydrogen-bond donors (Lipinski definition) is 1. The van der Waals surface area contributed by atoms with Gasteiger partial charge in [0, 0.05) is 33.2 Å². The molecule has 1 amide bonds. The van der Waals surface area contributed by atoms with Crippen molar-refractivity contribution >= 4 is 27.5 Å². The van der Waals surface area contributed by atoms with Gasteiger partial charge in [-0.15, -0.1) is 0 Å². The number of halogens is 1. The van der Waals surface area contributed by atoms with E-state index in [1.54, 1.807) is 7.11 Å². The molecule has 1 N–H and O–H groups in total. The van der Waals surface area contributed by atoms with Crippen molar-refractivity contribution in [3.8, 4) is 11.5 Å². The predicted molar refractivity (Wildman–Crippen MR) is 122 cm³/mol. The molecule has 8 nitrogen and oxygen atoms in total. The Morgan fingerprint density at radius 2 is 2.09 bits per heavy atom. The summed E-state index contributed by atoms with van der Waals surface area (Å²) in [4.78, 5) is 28.0. The second-order valence-corrected chi connectivity index (χ2v) is 9.24. The normalized spacial score (nSPS) is 28.5. The molecule has 3 heterocycles. The first-order chi connectivity index (χ1) is 15.4. The first-order valence-electron chi connectivity index (χ1n) is 10.8. The lowest BCUT2D eigenvalue weighted by molar-refractivity contribution is -0.534. The van der Waals surface area contributed by atoms with E-state index >= 15 is 0 Å². The Morgan fingerprint density at radius 1 is 1.31 bits per heavy atom.